The normalized spacial score (nSPS) is 26.2. The Kier molecular flexibility index (Phi) is 7.93. The molecule has 0 aromatic carbocycles. The number of nitrogens with zero attached hydrogens (tertiary/aromatic N) is 3. The Balaban J connectivity index is 1.54. The molecule has 0 bridgehead atoms. The number of allylic oxidation sites excluding steroid dienone is 3. The van der Waals surface area contributed by atoms with Gasteiger partial charge >= 0.3 is 0 Å². The van der Waals surface area contributed by atoms with E-state index in [1.807, 2.05) is 18.3 Å². The van der Waals surface area contributed by atoms with E-state index in [1.165, 1.54) is 0 Å². The van der Waals surface area contributed by atoms with Gasteiger partial charge in [-0.05, 0) is 61.9 Å². The summed E-state index contributed by atoms with van der Waals surface area (Å²) in [5.74, 6) is 1.17. The van der Waals surface area contributed by atoms with Crippen LogP contribution in [-0.2, 0) is 4.79 Å². The molecular weight excluding hydrogens is 432 g/mol. The Hall–Kier alpha value is -1.69. The highest BCUT2D eigenvalue weighted by molar-refractivity contribution is 6.31. The van der Waals surface area contributed by atoms with Crippen molar-refractivity contribution in [1.29, 1.82) is 0 Å². The van der Waals surface area contributed by atoms with Crippen LogP contribution in [0.1, 0.15) is 58.2 Å². The molecule has 3 aliphatic rings. The summed E-state index contributed by atoms with van der Waals surface area (Å²) in [5.41, 5.74) is 1.10. The number of hydrogen-bond acceptors (Lipinski definition) is 4. The lowest BCUT2D eigenvalue weighted by atomic mass is 9.81. The van der Waals surface area contributed by atoms with Gasteiger partial charge in [-0.3, -0.25) is 14.7 Å². The topological polar surface area (TPSA) is 48.5 Å². The highest BCUT2D eigenvalue weighted by atomic mass is 35.5. The average molecular weight is 471 g/mol. The van der Waals surface area contributed by atoms with Crippen LogP contribution in [0.4, 0.5) is 0 Å². The fourth-order valence-corrected chi connectivity index (χ4v) is 5.78. The number of carbonyl (C=O) groups is 1. The van der Waals surface area contributed by atoms with Crippen molar-refractivity contribution in [3.05, 3.63) is 53.4 Å². The van der Waals surface area contributed by atoms with Gasteiger partial charge in [-0.25, -0.2) is 0 Å². The van der Waals surface area contributed by atoms with Crippen LogP contribution in [0.5, 0.6) is 0 Å². The first kappa shape index (κ1) is 24.4. The van der Waals surface area contributed by atoms with Crippen molar-refractivity contribution in [3.63, 3.8) is 0 Å². The monoisotopic (exact) mass is 470 g/mol. The molecule has 180 valence electrons. The number of aromatic nitrogens is 1. The zero-order chi connectivity index (χ0) is 23.4. The summed E-state index contributed by atoms with van der Waals surface area (Å²) in [4.78, 5) is 23.0. The maximum absolute atomic E-state index is 13.4. The molecule has 2 fully saturated rings. The number of rotatable bonds is 5. The molecule has 1 aliphatic carbocycles. The summed E-state index contributed by atoms with van der Waals surface area (Å²) in [6, 6.07) is 6.54. The van der Waals surface area contributed by atoms with Crippen LogP contribution in [0, 0.1) is 17.3 Å². The molecular formula is C27H39ClN4O. The van der Waals surface area contributed by atoms with Crippen molar-refractivity contribution in [1.82, 2.24) is 20.1 Å². The van der Waals surface area contributed by atoms with Gasteiger partial charge in [0.15, 0.2) is 0 Å². The van der Waals surface area contributed by atoms with Gasteiger partial charge in [0.2, 0.25) is 5.91 Å². The van der Waals surface area contributed by atoms with E-state index in [0.29, 0.717) is 24.2 Å². The van der Waals surface area contributed by atoms with Crippen LogP contribution >= 0.6 is 11.6 Å². The molecule has 5 nitrogen and oxygen atoms in total. The first-order valence-corrected chi connectivity index (χ1v) is 12.9. The number of nitrogens with one attached hydrogen (secondary N) is 1. The molecule has 0 spiro atoms. The molecule has 0 radical (unpaired) electrons. The van der Waals surface area contributed by atoms with Crippen molar-refractivity contribution in [2.24, 2.45) is 17.3 Å². The van der Waals surface area contributed by atoms with Crippen molar-refractivity contribution in [2.45, 2.75) is 58.5 Å². The number of halogens is 1. The summed E-state index contributed by atoms with van der Waals surface area (Å²) < 4.78 is 0. The minimum atomic E-state index is 0.00271. The predicted molar refractivity (Wildman–Crippen MR) is 135 cm³/mol. The number of pyridine rings is 1. The van der Waals surface area contributed by atoms with Crippen LogP contribution in [0.3, 0.4) is 0 Å². The zero-order valence-corrected chi connectivity index (χ0v) is 21.1. The van der Waals surface area contributed by atoms with E-state index in [2.05, 4.69) is 60.2 Å². The molecule has 1 amide bonds. The second kappa shape index (κ2) is 10.7. The fraction of sp³-hybridized carbons (Fsp3) is 0.630. The van der Waals surface area contributed by atoms with Gasteiger partial charge in [0.1, 0.15) is 0 Å². The Bertz CT molecular complexity index is 857. The standard InChI is InChI=1S/C27H39ClN4O/c1-27(2,3)24-19-31(16-17-32(24)25(33)18-20-11-14-29-15-12-20)26(23-6-4-5-13-30-23)21-7-9-22(28)10-8-21/h4-7,9-10,13,20-21,24,26,29H,8,11-12,14-19H2,1-3H3. The Labute approximate surface area is 204 Å². The van der Waals surface area contributed by atoms with Gasteiger partial charge in [0.25, 0.3) is 0 Å². The predicted octanol–water partition coefficient (Wildman–Crippen LogP) is 4.77. The van der Waals surface area contributed by atoms with E-state index >= 15 is 0 Å². The summed E-state index contributed by atoms with van der Waals surface area (Å²) in [6.07, 6.45) is 12.1. The summed E-state index contributed by atoms with van der Waals surface area (Å²) >= 11 is 6.23. The number of hydrogen-bond donors (Lipinski definition) is 1. The molecule has 2 aliphatic heterocycles. The zero-order valence-electron chi connectivity index (χ0n) is 20.3. The highest BCUT2D eigenvalue weighted by Crippen LogP contribution is 2.38. The minimum absolute atomic E-state index is 0.00271. The van der Waals surface area contributed by atoms with Crippen molar-refractivity contribution < 1.29 is 4.79 Å². The third kappa shape index (κ3) is 6.06. The quantitative estimate of drug-likeness (QED) is 0.673. The van der Waals surface area contributed by atoms with E-state index in [0.717, 1.165) is 62.7 Å². The third-order valence-corrected chi connectivity index (χ3v) is 7.81. The van der Waals surface area contributed by atoms with Crippen molar-refractivity contribution in [3.8, 4) is 0 Å². The summed E-state index contributed by atoms with van der Waals surface area (Å²) in [6.45, 7) is 11.4. The van der Waals surface area contributed by atoms with Crippen LogP contribution < -0.4 is 5.32 Å². The highest BCUT2D eigenvalue weighted by Gasteiger charge is 2.41. The van der Waals surface area contributed by atoms with Crippen LogP contribution in [0.15, 0.2) is 47.7 Å². The third-order valence-electron chi connectivity index (χ3n) is 7.53. The van der Waals surface area contributed by atoms with Gasteiger partial charge in [0.05, 0.1) is 11.7 Å². The first-order chi connectivity index (χ1) is 15.8. The average Bonchev–Trinajstić information content (AvgIpc) is 2.81. The van der Waals surface area contributed by atoms with E-state index in [-0.39, 0.29) is 17.5 Å². The van der Waals surface area contributed by atoms with Gasteiger partial charge in [-0.2, -0.15) is 0 Å². The molecule has 0 saturated carbocycles. The smallest absolute Gasteiger partial charge is 0.223 e. The van der Waals surface area contributed by atoms with Gasteiger partial charge in [-0.1, -0.05) is 50.6 Å². The van der Waals surface area contributed by atoms with Crippen molar-refractivity contribution in [2.75, 3.05) is 32.7 Å². The Morgan fingerprint density at radius 3 is 2.67 bits per heavy atom. The molecule has 2 saturated heterocycles. The van der Waals surface area contributed by atoms with Crippen LogP contribution in [-0.4, -0.2) is 59.5 Å². The maximum atomic E-state index is 13.4. The molecule has 3 heterocycles. The number of piperazine rings is 1. The molecule has 3 unspecified atom stereocenters. The minimum Gasteiger partial charge on any atom is -0.337 e. The lowest BCUT2D eigenvalue weighted by molar-refractivity contribution is -0.142. The van der Waals surface area contributed by atoms with Gasteiger partial charge in [-0.15, -0.1) is 0 Å². The first-order valence-electron chi connectivity index (χ1n) is 12.5. The van der Waals surface area contributed by atoms with Gasteiger partial charge < -0.3 is 10.2 Å². The van der Waals surface area contributed by atoms with E-state index in [4.69, 9.17) is 16.6 Å². The lowest BCUT2D eigenvalue weighted by Gasteiger charge is -2.50. The largest absolute Gasteiger partial charge is 0.337 e. The second-order valence-electron chi connectivity index (χ2n) is 10.9. The molecule has 4 rings (SSSR count). The lowest BCUT2D eigenvalue weighted by Crippen LogP contribution is -2.60. The Morgan fingerprint density at radius 2 is 2.03 bits per heavy atom. The molecule has 1 N–H and O–H groups in total. The SMILES string of the molecule is CC(C)(C)C1CN(C(c2ccccn2)C2C=CC(Cl)=CC2)CCN1C(=O)CC1CCNCC1. The molecule has 1 aromatic rings. The van der Waals surface area contributed by atoms with Gasteiger partial charge in [0, 0.05) is 49.2 Å². The van der Waals surface area contributed by atoms with Crippen LogP contribution in [0.2, 0.25) is 0 Å². The van der Waals surface area contributed by atoms with Crippen LogP contribution in [0.25, 0.3) is 0 Å². The summed E-state index contributed by atoms with van der Waals surface area (Å²) in [7, 11) is 0. The number of amides is 1. The Morgan fingerprint density at radius 1 is 1.24 bits per heavy atom. The number of piperidine rings is 1. The summed E-state index contributed by atoms with van der Waals surface area (Å²) in [5, 5.41) is 4.22. The molecule has 3 atom stereocenters. The second-order valence-corrected chi connectivity index (χ2v) is 11.3. The van der Waals surface area contributed by atoms with E-state index < -0.39 is 0 Å². The maximum Gasteiger partial charge on any atom is 0.223 e. The molecule has 33 heavy (non-hydrogen) atoms. The number of carbonyl (C=O) groups excluding carboxylic acids is 1. The van der Waals surface area contributed by atoms with E-state index in [1.54, 1.807) is 0 Å². The fourth-order valence-electron chi connectivity index (χ4n) is 5.62. The molecule has 1 aromatic heterocycles. The molecule has 6 heteroatoms. The van der Waals surface area contributed by atoms with E-state index in [9.17, 15) is 4.79 Å². The van der Waals surface area contributed by atoms with Crippen molar-refractivity contribution >= 4 is 17.5 Å².